The van der Waals surface area contributed by atoms with Crippen LogP contribution in [0, 0.1) is 32.4 Å². The van der Waals surface area contributed by atoms with Crippen molar-refractivity contribution in [3.63, 3.8) is 0 Å². The molecular weight excluding hydrogens is 348 g/mol. The summed E-state index contributed by atoms with van der Waals surface area (Å²) in [6.07, 6.45) is 3.36. The van der Waals surface area contributed by atoms with E-state index in [9.17, 15) is 13.6 Å². The third kappa shape index (κ3) is 3.89. The van der Waals surface area contributed by atoms with Crippen molar-refractivity contribution in [2.75, 3.05) is 0 Å². The summed E-state index contributed by atoms with van der Waals surface area (Å²) in [5.41, 5.74) is 4.40. The SMILES string of the molecule is Cc1c(C)c(C(=O)NCc2cccnc2)n(Cc2ccc(F)cc2F)c1C. The number of nitrogens with one attached hydrogen (secondary N) is 1. The highest BCUT2D eigenvalue weighted by atomic mass is 19.1. The van der Waals surface area contributed by atoms with Gasteiger partial charge in [-0.1, -0.05) is 12.1 Å². The van der Waals surface area contributed by atoms with E-state index in [2.05, 4.69) is 10.3 Å². The van der Waals surface area contributed by atoms with Crippen LogP contribution in [0.25, 0.3) is 0 Å². The molecule has 1 amide bonds. The molecule has 0 saturated heterocycles. The van der Waals surface area contributed by atoms with Crippen molar-refractivity contribution in [1.29, 1.82) is 0 Å². The Bertz CT molecular complexity index is 981. The highest BCUT2D eigenvalue weighted by Gasteiger charge is 2.21. The summed E-state index contributed by atoms with van der Waals surface area (Å²) < 4.78 is 29.1. The van der Waals surface area contributed by atoms with Crippen molar-refractivity contribution in [3.8, 4) is 0 Å². The number of rotatable bonds is 5. The van der Waals surface area contributed by atoms with Gasteiger partial charge in [0, 0.05) is 36.3 Å². The molecule has 0 spiro atoms. The van der Waals surface area contributed by atoms with Gasteiger partial charge in [-0.3, -0.25) is 9.78 Å². The molecule has 1 N–H and O–H groups in total. The minimum Gasteiger partial charge on any atom is -0.347 e. The zero-order valence-electron chi connectivity index (χ0n) is 15.5. The van der Waals surface area contributed by atoms with Crippen LogP contribution in [-0.4, -0.2) is 15.5 Å². The van der Waals surface area contributed by atoms with Gasteiger partial charge in [0.15, 0.2) is 0 Å². The van der Waals surface area contributed by atoms with E-state index in [1.807, 2.05) is 26.8 Å². The van der Waals surface area contributed by atoms with Crippen molar-refractivity contribution >= 4 is 5.91 Å². The molecule has 0 aliphatic heterocycles. The molecule has 0 bridgehead atoms. The van der Waals surface area contributed by atoms with Gasteiger partial charge in [0.2, 0.25) is 0 Å². The van der Waals surface area contributed by atoms with Crippen LogP contribution in [0.5, 0.6) is 0 Å². The summed E-state index contributed by atoms with van der Waals surface area (Å²) in [5, 5.41) is 2.89. The lowest BCUT2D eigenvalue weighted by Gasteiger charge is -2.13. The third-order valence-electron chi connectivity index (χ3n) is 4.87. The van der Waals surface area contributed by atoms with Crippen molar-refractivity contribution in [1.82, 2.24) is 14.9 Å². The van der Waals surface area contributed by atoms with Gasteiger partial charge >= 0.3 is 0 Å². The molecule has 6 heteroatoms. The quantitative estimate of drug-likeness (QED) is 0.737. The molecule has 0 fully saturated rings. The topological polar surface area (TPSA) is 46.9 Å². The lowest BCUT2D eigenvalue weighted by Crippen LogP contribution is -2.27. The van der Waals surface area contributed by atoms with Gasteiger partial charge in [0.05, 0.1) is 6.54 Å². The van der Waals surface area contributed by atoms with E-state index >= 15 is 0 Å². The molecule has 1 aromatic carbocycles. The summed E-state index contributed by atoms with van der Waals surface area (Å²) in [6.45, 7) is 6.20. The highest BCUT2D eigenvalue weighted by Crippen LogP contribution is 2.23. The first-order valence-corrected chi connectivity index (χ1v) is 8.65. The minimum absolute atomic E-state index is 0.155. The second-order valence-corrected chi connectivity index (χ2v) is 6.55. The molecule has 3 aromatic rings. The molecule has 0 radical (unpaired) electrons. The zero-order valence-corrected chi connectivity index (χ0v) is 15.5. The summed E-state index contributed by atoms with van der Waals surface area (Å²) in [5.74, 6) is -1.49. The molecule has 0 saturated carbocycles. The molecule has 3 rings (SSSR count). The molecule has 27 heavy (non-hydrogen) atoms. The van der Waals surface area contributed by atoms with E-state index in [1.165, 1.54) is 12.1 Å². The summed E-state index contributed by atoms with van der Waals surface area (Å²) in [7, 11) is 0. The van der Waals surface area contributed by atoms with Crippen LogP contribution in [-0.2, 0) is 13.1 Å². The van der Waals surface area contributed by atoms with Crippen LogP contribution in [0.15, 0.2) is 42.7 Å². The normalized spacial score (nSPS) is 10.9. The van der Waals surface area contributed by atoms with Crippen LogP contribution in [0.4, 0.5) is 8.78 Å². The minimum atomic E-state index is -0.625. The lowest BCUT2D eigenvalue weighted by molar-refractivity contribution is 0.0941. The van der Waals surface area contributed by atoms with Crippen molar-refractivity contribution < 1.29 is 13.6 Å². The number of pyridine rings is 1. The van der Waals surface area contributed by atoms with E-state index in [4.69, 9.17) is 0 Å². The Kier molecular flexibility index (Phi) is 5.35. The predicted octanol–water partition coefficient (Wildman–Crippen LogP) is 4.06. The Morgan fingerprint density at radius 1 is 1.15 bits per heavy atom. The fraction of sp³-hybridized carbons (Fsp3) is 0.238. The molecule has 2 heterocycles. The van der Waals surface area contributed by atoms with Gasteiger partial charge in [-0.05, 0) is 49.6 Å². The van der Waals surface area contributed by atoms with Gasteiger partial charge < -0.3 is 9.88 Å². The monoisotopic (exact) mass is 369 g/mol. The number of aromatic nitrogens is 2. The standard InChI is InChI=1S/C21H21F2N3O/c1-13-14(2)20(21(27)25-11-16-5-4-8-24-10-16)26(15(13)3)12-17-6-7-18(22)9-19(17)23/h4-10H,11-12H2,1-3H3,(H,25,27). The van der Waals surface area contributed by atoms with Gasteiger partial charge in [-0.2, -0.15) is 0 Å². The van der Waals surface area contributed by atoms with Gasteiger partial charge in [0.25, 0.3) is 5.91 Å². The van der Waals surface area contributed by atoms with Crippen LogP contribution in [0.1, 0.15) is 38.4 Å². The molecule has 0 aliphatic carbocycles. The van der Waals surface area contributed by atoms with E-state index in [1.54, 1.807) is 23.0 Å². The largest absolute Gasteiger partial charge is 0.347 e. The number of hydrogen-bond acceptors (Lipinski definition) is 2. The first-order valence-electron chi connectivity index (χ1n) is 8.65. The second-order valence-electron chi connectivity index (χ2n) is 6.55. The fourth-order valence-electron chi connectivity index (χ4n) is 3.10. The highest BCUT2D eigenvalue weighted by molar-refractivity contribution is 5.95. The predicted molar refractivity (Wildman–Crippen MR) is 99.5 cm³/mol. The van der Waals surface area contributed by atoms with Gasteiger partial charge in [0.1, 0.15) is 17.3 Å². The number of amides is 1. The van der Waals surface area contributed by atoms with Crippen molar-refractivity contribution in [2.45, 2.75) is 33.9 Å². The average molecular weight is 369 g/mol. The van der Waals surface area contributed by atoms with Gasteiger partial charge in [-0.15, -0.1) is 0 Å². The molecule has 0 unspecified atom stereocenters. The third-order valence-corrected chi connectivity index (χ3v) is 4.87. The zero-order chi connectivity index (χ0) is 19.6. The first kappa shape index (κ1) is 18.8. The average Bonchev–Trinajstić information content (AvgIpc) is 2.87. The number of carbonyl (C=O) groups is 1. The van der Waals surface area contributed by atoms with E-state index in [0.717, 1.165) is 28.5 Å². The number of hydrogen-bond donors (Lipinski definition) is 1. The second kappa shape index (κ2) is 7.70. The number of carbonyl (C=O) groups excluding carboxylic acids is 1. The Balaban J connectivity index is 1.90. The maximum absolute atomic E-state index is 14.1. The molecule has 140 valence electrons. The Morgan fingerprint density at radius 3 is 2.59 bits per heavy atom. The molecule has 2 aromatic heterocycles. The summed E-state index contributed by atoms with van der Waals surface area (Å²) in [4.78, 5) is 16.9. The Morgan fingerprint density at radius 2 is 1.93 bits per heavy atom. The van der Waals surface area contributed by atoms with E-state index < -0.39 is 11.6 Å². The van der Waals surface area contributed by atoms with Crippen LogP contribution < -0.4 is 5.32 Å². The summed E-state index contributed by atoms with van der Waals surface area (Å²) in [6, 6.07) is 7.17. The number of nitrogens with zero attached hydrogens (tertiary/aromatic N) is 2. The van der Waals surface area contributed by atoms with Crippen molar-refractivity contribution in [3.05, 3.63) is 88.0 Å². The lowest BCUT2D eigenvalue weighted by atomic mass is 10.1. The van der Waals surface area contributed by atoms with E-state index in [-0.39, 0.29) is 12.5 Å². The molecule has 0 aliphatic rings. The molecule has 0 atom stereocenters. The van der Waals surface area contributed by atoms with Crippen LogP contribution in [0.2, 0.25) is 0 Å². The molecular formula is C21H21F2N3O. The van der Waals surface area contributed by atoms with E-state index in [0.29, 0.717) is 17.8 Å². The van der Waals surface area contributed by atoms with Crippen LogP contribution in [0.3, 0.4) is 0 Å². The summed E-state index contributed by atoms with van der Waals surface area (Å²) >= 11 is 0. The fourth-order valence-corrected chi connectivity index (χ4v) is 3.10. The maximum atomic E-state index is 14.1. The Hall–Kier alpha value is -3.02. The smallest absolute Gasteiger partial charge is 0.268 e. The van der Waals surface area contributed by atoms with Gasteiger partial charge in [-0.25, -0.2) is 8.78 Å². The first-order chi connectivity index (χ1) is 12.9. The number of halogens is 2. The maximum Gasteiger partial charge on any atom is 0.268 e. The van der Waals surface area contributed by atoms with Crippen LogP contribution >= 0.6 is 0 Å². The Labute approximate surface area is 156 Å². The van der Waals surface area contributed by atoms with Crippen molar-refractivity contribution in [2.24, 2.45) is 0 Å². The number of benzene rings is 1. The molecule has 4 nitrogen and oxygen atoms in total.